The van der Waals surface area contributed by atoms with Crippen LogP contribution in [0, 0.1) is 5.92 Å². The van der Waals surface area contributed by atoms with Gasteiger partial charge < -0.3 is 15.1 Å². The zero-order chi connectivity index (χ0) is 34.8. The summed E-state index contributed by atoms with van der Waals surface area (Å²) >= 11 is 0. The molecule has 13 heteroatoms. The molecule has 2 aliphatic rings. The lowest BCUT2D eigenvalue weighted by molar-refractivity contribution is -0.132. The SMILES string of the molecule is CCN(C(=O)[C@@H]1CCN(CC(=O)N2CC=C(c3ccc(-c4ncn(C)n4)cc3)CC2)C1)c1ccc2[nH]nc(-c3ccnc(C(=O)NC)c3)c2c1. The van der Waals surface area contributed by atoms with Gasteiger partial charge in [0.1, 0.15) is 17.7 Å². The molecule has 0 spiro atoms. The number of benzene rings is 2. The van der Waals surface area contributed by atoms with E-state index in [1.54, 1.807) is 30.3 Å². The summed E-state index contributed by atoms with van der Waals surface area (Å²) in [4.78, 5) is 53.7. The minimum absolute atomic E-state index is 0.0491. The van der Waals surface area contributed by atoms with Gasteiger partial charge in [0, 0.05) is 68.7 Å². The maximum atomic E-state index is 13.9. The summed E-state index contributed by atoms with van der Waals surface area (Å²) in [6, 6.07) is 17.6. The van der Waals surface area contributed by atoms with Crippen LogP contribution in [0.3, 0.4) is 0 Å². The van der Waals surface area contributed by atoms with Crippen molar-refractivity contribution in [1.29, 1.82) is 0 Å². The molecule has 50 heavy (non-hydrogen) atoms. The van der Waals surface area contributed by atoms with Crippen molar-refractivity contribution in [3.05, 3.63) is 84.5 Å². The van der Waals surface area contributed by atoms with E-state index in [2.05, 4.69) is 53.7 Å². The third-order valence-electron chi connectivity index (χ3n) is 9.59. The van der Waals surface area contributed by atoms with Gasteiger partial charge in [-0.1, -0.05) is 30.3 Å². The van der Waals surface area contributed by atoms with Crippen LogP contribution in [-0.4, -0.2) is 104 Å². The Morgan fingerprint density at radius 1 is 1.00 bits per heavy atom. The Balaban J connectivity index is 0.966. The Morgan fingerprint density at radius 2 is 1.82 bits per heavy atom. The van der Waals surface area contributed by atoms with E-state index in [4.69, 9.17) is 0 Å². The average molecular weight is 673 g/mol. The summed E-state index contributed by atoms with van der Waals surface area (Å²) in [5.74, 6) is 0.364. The molecule has 13 nitrogen and oxygen atoms in total. The van der Waals surface area contributed by atoms with Crippen molar-refractivity contribution in [3.8, 4) is 22.6 Å². The molecule has 2 N–H and O–H groups in total. The molecule has 1 fully saturated rings. The molecule has 1 atom stereocenters. The fourth-order valence-corrected chi connectivity index (χ4v) is 6.84. The number of aromatic amines is 1. The second kappa shape index (κ2) is 14.0. The molecule has 0 aliphatic carbocycles. The summed E-state index contributed by atoms with van der Waals surface area (Å²) < 4.78 is 1.69. The van der Waals surface area contributed by atoms with Crippen LogP contribution < -0.4 is 10.2 Å². The molecular formula is C37H40N10O3. The van der Waals surface area contributed by atoms with Gasteiger partial charge in [-0.2, -0.15) is 10.2 Å². The number of hydrogen-bond donors (Lipinski definition) is 2. The normalized spacial score (nSPS) is 16.4. The Labute approximate surface area is 290 Å². The van der Waals surface area contributed by atoms with E-state index in [0.29, 0.717) is 62.9 Å². The number of aromatic nitrogens is 6. The standard InChI is InChI=1S/C37H40N10O3/c1-4-47(29-9-10-31-30(20-29)34(42-41-31)27-11-15-39-32(19-27)36(49)38-2)37(50)28-12-16-45(21-28)22-33(48)46-17-13-25(14-18-46)24-5-7-26(8-6-24)35-40-23-44(3)43-35/h5-11,13,15,19-20,23,28H,4,12,14,16-18,21-22H2,1-3H3,(H,38,49)(H,41,42)/t28-/m1/s1. The van der Waals surface area contributed by atoms with Crippen molar-refractivity contribution in [2.24, 2.45) is 13.0 Å². The molecule has 5 heterocycles. The number of fused-ring (bicyclic) bond motifs is 1. The van der Waals surface area contributed by atoms with E-state index < -0.39 is 0 Å². The van der Waals surface area contributed by atoms with Crippen LogP contribution in [0.1, 0.15) is 35.8 Å². The number of nitrogens with one attached hydrogen (secondary N) is 2. The molecule has 3 amide bonds. The molecule has 1 saturated heterocycles. The molecule has 256 valence electrons. The number of pyridine rings is 1. The average Bonchev–Trinajstić information content (AvgIpc) is 3.92. The molecule has 3 aromatic heterocycles. The zero-order valence-electron chi connectivity index (χ0n) is 28.5. The number of amides is 3. The fourth-order valence-electron chi connectivity index (χ4n) is 6.84. The highest BCUT2D eigenvalue weighted by atomic mass is 16.2. The number of nitrogens with zero attached hydrogens (tertiary/aromatic N) is 8. The molecule has 5 aromatic rings. The predicted molar refractivity (Wildman–Crippen MR) is 191 cm³/mol. The van der Waals surface area contributed by atoms with Crippen molar-refractivity contribution in [2.75, 3.05) is 51.2 Å². The topological polar surface area (TPSA) is 145 Å². The highest BCUT2D eigenvalue weighted by molar-refractivity contribution is 6.01. The van der Waals surface area contributed by atoms with Gasteiger partial charge >= 0.3 is 0 Å². The molecule has 0 radical (unpaired) electrons. The minimum atomic E-state index is -0.276. The third-order valence-corrected chi connectivity index (χ3v) is 9.59. The summed E-state index contributed by atoms with van der Waals surface area (Å²) in [5.41, 5.74) is 6.69. The highest BCUT2D eigenvalue weighted by Crippen LogP contribution is 2.32. The second-order valence-electron chi connectivity index (χ2n) is 12.8. The van der Waals surface area contributed by atoms with Crippen LogP contribution in [-0.2, 0) is 16.6 Å². The number of rotatable bonds is 9. The molecule has 0 bridgehead atoms. The first-order chi connectivity index (χ1) is 24.3. The maximum Gasteiger partial charge on any atom is 0.269 e. The number of carbonyl (C=O) groups excluding carboxylic acids is 3. The predicted octanol–water partition coefficient (Wildman–Crippen LogP) is 3.77. The fraction of sp³-hybridized carbons (Fsp3) is 0.324. The first-order valence-corrected chi connectivity index (χ1v) is 16.9. The van der Waals surface area contributed by atoms with Crippen molar-refractivity contribution in [2.45, 2.75) is 19.8 Å². The largest absolute Gasteiger partial charge is 0.354 e. The van der Waals surface area contributed by atoms with Gasteiger partial charge in [0.15, 0.2) is 5.82 Å². The third kappa shape index (κ3) is 6.64. The van der Waals surface area contributed by atoms with Crippen LogP contribution in [0.5, 0.6) is 0 Å². The first kappa shape index (κ1) is 32.8. The quantitative estimate of drug-likeness (QED) is 0.241. The number of carbonyl (C=O) groups is 3. The van der Waals surface area contributed by atoms with Crippen LogP contribution in [0.15, 0.2) is 73.2 Å². The lowest BCUT2D eigenvalue weighted by Crippen LogP contribution is -2.42. The highest BCUT2D eigenvalue weighted by Gasteiger charge is 2.33. The van der Waals surface area contributed by atoms with Gasteiger partial charge in [0.25, 0.3) is 5.91 Å². The summed E-state index contributed by atoms with van der Waals surface area (Å²) in [6.07, 6.45) is 6.91. The molecular weight excluding hydrogens is 632 g/mol. The summed E-state index contributed by atoms with van der Waals surface area (Å²) in [5, 5.41) is 15.4. The Morgan fingerprint density at radius 3 is 2.54 bits per heavy atom. The number of anilines is 1. The van der Waals surface area contributed by atoms with Crippen molar-refractivity contribution in [3.63, 3.8) is 0 Å². The molecule has 0 unspecified atom stereocenters. The van der Waals surface area contributed by atoms with Crippen LogP contribution >= 0.6 is 0 Å². The number of H-pyrrole nitrogens is 1. The van der Waals surface area contributed by atoms with Crippen molar-refractivity contribution >= 4 is 39.9 Å². The van der Waals surface area contributed by atoms with Crippen LogP contribution in [0.25, 0.3) is 39.1 Å². The van der Waals surface area contributed by atoms with E-state index in [1.165, 1.54) is 5.57 Å². The first-order valence-electron chi connectivity index (χ1n) is 16.9. The lowest BCUT2D eigenvalue weighted by Gasteiger charge is -2.29. The monoisotopic (exact) mass is 672 g/mol. The Kier molecular flexibility index (Phi) is 9.22. The lowest BCUT2D eigenvalue weighted by atomic mass is 9.98. The van der Waals surface area contributed by atoms with E-state index >= 15 is 0 Å². The molecule has 7 rings (SSSR count). The van der Waals surface area contributed by atoms with Gasteiger partial charge in [0.2, 0.25) is 11.8 Å². The van der Waals surface area contributed by atoms with Gasteiger partial charge in [-0.25, -0.2) is 4.98 Å². The van der Waals surface area contributed by atoms with E-state index in [1.807, 2.05) is 60.2 Å². The van der Waals surface area contributed by atoms with Gasteiger partial charge in [-0.15, -0.1) is 0 Å². The minimum Gasteiger partial charge on any atom is -0.354 e. The van der Waals surface area contributed by atoms with Gasteiger partial charge in [-0.05, 0) is 67.8 Å². The Hall–Kier alpha value is -5.69. The number of aryl methyl sites for hydroxylation is 1. The van der Waals surface area contributed by atoms with Crippen molar-refractivity contribution in [1.82, 2.24) is 45.1 Å². The number of likely N-dealkylation sites (tertiary alicyclic amines) is 1. The van der Waals surface area contributed by atoms with Gasteiger partial charge in [-0.3, -0.25) is 34.0 Å². The van der Waals surface area contributed by atoms with E-state index in [9.17, 15) is 14.4 Å². The number of hydrogen-bond acceptors (Lipinski definition) is 8. The van der Waals surface area contributed by atoms with Crippen LogP contribution in [0.4, 0.5) is 5.69 Å². The van der Waals surface area contributed by atoms with Crippen LogP contribution in [0.2, 0.25) is 0 Å². The Bertz CT molecular complexity index is 2080. The smallest absolute Gasteiger partial charge is 0.269 e. The van der Waals surface area contributed by atoms with Gasteiger partial charge in [0.05, 0.1) is 18.0 Å². The summed E-state index contributed by atoms with van der Waals surface area (Å²) in [6.45, 7) is 5.27. The second-order valence-corrected chi connectivity index (χ2v) is 12.8. The van der Waals surface area contributed by atoms with E-state index in [-0.39, 0.29) is 23.6 Å². The zero-order valence-corrected chi connectivity index (χ0v) is 28.5. The molecule has 2 aliphatic heterocycles. The van der Waals surface area contributed by atoms with Crippen molar-refractivity contribution < 1.29 is 14.4 Å². The maximum absolute atomic E-state index is 13.9. The molecule has 0 saturated carbocycles. The molecule has 2 aromatic carbocycles. The van der Waals surface area contributed by atoms with E-state index in [0.717, 1.165) is 39.7 Å². The summed E-state index contributed by atoms with van der Waals surface area (Å²) in [7, 11) is 3.42.